The van der Waals surface area contributed by atoms with Crippen LogP contribution in [0.15, 0.2) is 6.20 Å². The van der Waals surface area contributed by atoms with E-state index in [9.17, 15) is 26.7 Å². The normalized spacial score (nSPS) is 11.9. The zero-order valence-electron chi connectivity index (χ0n) is 7.36. The summed E-state index contributed by atoms with van der Waals surface area (Å²) in [6.07, 6.45) is -7.71. The maximum absolute atomic E-state index is 12.5. The van der Waals surface area contributed by atoms with E-state index in [1.807, 2.05) is 0 Å². The van der Waals surface area contributed by atoms with Crippen molar-refractivity contribution in [1.29, 1.82) is 0 Å². The van der Waals surface area contributed by atoms with Crippen molar-refractivity contribution in [3.05, 3.63) is 26.6 Å². The van der Waals surface area contributed by atoms with E-state index in [2.05, 4.69) is 4.98 Å². The lowest BCUT2D eigenvalue weighted by Crippen LogP contribution is -2.16. The van der Waals surface area contributed by atoms with E-state index >= 15 is 0 Å². The van der Waals surface area contributed by atoms with Crippen molar-refractivity contribution >= 4 is 28.9 Å². The van der Waals surface area contributed by atoms with Crippen molar-refractivity contribution in [1.82, 2.24) is 4.98 Å². The molecular weight excluding hydrogens is 348 g/mol. The maximum Gasteiger partial charge on any atom is 0.419 e. The van der Waals surface area contributed by atoms with Gasteiger partial charge < -0.3 is 0 Å². The number of aldehydes is 1. The number of pyridine rings is 1. The molecule has 1 aromatic heterocycles. The quantitative estimate of drug-likeness (QED) is 0.464. The number of nitrogens with zero attached hydrogens (tertiary/aromatic N) is 1. The molecule has 0 fully saturated rings. The van der Waals surface area contributed by atoms with Gasteiger partial charge in [-0.2, -0.15) is 13.2 Å². The van der Waals surface area contributed by atoms with Gasteiger partial charge in [-0.05, 0) is 22.6 Å². The summed E-state index contributed by atoms with van der Waals surface area (Å²) in [5, 5.41) is 0. The minimum atomic E-state index is -5.03. The molecule has 16 heavy (non-hydrogen) atoms. The van der Waals surface area contributed by atoms with Gasteiger partial charge in [-0.15, -0.1) is 0 Å². The van der Waals surface area contributed by atoms with Crippen LogP contribution in [0.1, 0.15) is 28.0 Å². The second-order valence-corrected chi connectivity index (χ2v) is 3.86. The van der Waals surface area contributed by atoms with Gasteiger partial charge in [0.1, 0.15) is 5.69 Å². The third kappa shape index (κ3) is 2.47. The number of alkyl halides is 5. The minimum Gasteiger partial charge on any atom is -0.298 e. The highest BCUT2D eigenvalue weighted by molar-refractivity contribution is 14.1. The summed E-state index contributed by atoms with van der Waals surface area (Å²) in [6, 6.07) is 0. The Morgan fingerprint density at radius 3 is 2.31 bits per heavy atom. The number of rotatable bonds is 2. The molecule has 0 aliphatic heterocycles. The number of aromatic nitrogens is 1. The fourth-order valence-corrected chi connectivity index (χ4v) is 1.63. The number of hydrogen-bond donors (Lipinski definition) is 0. The van der Waals surface area contributed by atoms with Crippen LogP contribution in [0.2, 0.25) is 0 Å². The molecule has 0 N–H and O–H groups in total. The Morgan fingerprint density at radius 1 is 1.38 bits per heavy atom. The van der Waals surface area contributed by atoms with Crippen molar-refractivity contribution in [2.75, 3.05) is 0 Å². The molecule has 1 rings (SSSR count). The third-order valence-corrected chi connectivity index (χ3v) is 2.57. The summed E-state index contributed by atoms with van der Waals surface area (Å²) in [5.74, 6) is 0. The lowest BCUT2D eigenvalue weighted by Gasteiger charge is -2.14. The van der Waals surface area contributed by atoms with Crippen molar-refractivity contribution in [2.45, 2.75) is 12.6 Å². The third-order valence-electron chi connectivity index (χ3n) is 1.71. The first-order valence-corrected chi connectivity index (χ1v) is 4.85. The molecule has 1 heterocycles. The average molecular weight is 351 g/mol. The van der Waals surface area contributed by atoms with Gasteiger partial charge in [0, 0.05) is 15.3 Å². The SMILES string of the molecule is O=Cc1c(I)cnc(C(F)F)c1C(F)(F)F. The molecular formula is C8H3F5INO. The number of halogens is 6. The van der Waals surface area contributed by atoms with E-state index in [4.69, 9.17) is 0 Å². The van der Waals surface area contributed by atoms with Gasteiger partial charge in [0.25, 0.3) is 6.43 Å². The van der Waals surface area contributed by atoms with Crippen LogP contribution >= 0.6 is 22.6 Å². The van der Waals surface area contributed by atoms with E-state index in [1.165, 1.54) is 22.6 Å². The second-order valence-electron chi connectivity index (χ2n) is 2.70. The Balaban J connectivity index is 3.61. The summed E-state index contributed by atoms with van der Waals surface area (Å²) in [4.78, 5) is 13.5. The van der Waals surface area contributed by atoms with Gasteiger partial charge in [0.15, 0.2) is 6.29 Å². The van der Waals surface area contributed by atoms with Crippen LogP contribution in [0.4, 0.5) is 22.0 Å². The Labute approximate surface area is 100.0 Å². The summed E-state index contributed by atoms with van der Waals surface area (Å²) in [6.45, 7) is 0. The van der Waals surface area contributed by atoms with Gasteiger partial charge in [0.2, 0.25) is 0 Å². The molecule has 2 nitrogen and oxygen atoms in total. The van der Waals surface area contributed by atoms with Crippen LogP contribution in [-0.2, 0) is 6.18 Å². The molecule has 0 saturated carbocycles. The minimum absolute atomic E-state index is 0.0991. The largest absolute Gasteiger partial charge is 0.419 e. The maximum atomic E-state index is 12.5. The topological polar surface area (TPSA) is 30.0 Å². The van der Waals surface area contributed by atoms with Crippen LogP contribution < -0.4 is 0 Å². The van der Waals surface area contributed by atoms with Crippen molar-refractivity contribution in [3.63, 3.8) is 0 Å². The monoisotopic (exact) mass is 351 g/mol. The Bertz CT molecular complexity index is 418. The summed E-state index contributed by atoms with van der Waals surface area (Å²) in [7, 11) is 0. The zero-order valence-corrected chi connectivity index (χ0v) is 9.51. The van der Waals surface area contributed by atoms with Gasteiger partial charge in [-0.3, -0.25) is 9.78 Å². The second kappa shape index (κ2) is 4.60. The highest BCUT2D eigenvalue weighted by Crippen LogP contribution is 2.38. The van der Waals surface area contributed by atoms with Crippen LogP contribution in [0.5, 0.6) is 0 Å². The Morgan fingerprint density at radius 2 is 1.94 bits per heavy atom. The van der Waals surface area contributed by atoms with Crippen molar-refractivity contribution in [2.24, 2.45) is 0 Å². The predicted octanol–water partition coefficient (Wildman–Crippen LogP) is 3.46. The first-order chi connectivity index (χ1) is 7.29. The molecule has 0 unspecified atom stereocenters. The molecule has 0 radical (unpaired) electrons. The number of hydrogen-bond acceptors (Lipinski definition) is 2. The highest BCUT2D eigenvalue weighted by Gasteiger charge is 2.40. The molecule has 0 atom stereocenters. The van der Waals surface area contributed by atoms with Crippen molar-refractivity contribution in [3.8, 4) is 0 Å². The first-order valence-electron chi connectivity index (χ1n) is 3.78. The standard InChI is InChI=1S/C8H3F5INO/c9-7(10)6-5(8(11,12)13)3(2-16)4(14)1-15-6/h1-2,7H. The van der Waals surface area contributed by atoms with Crippen LogP contribution in [-0.4, -0.2) is 11.3 Å². The summed E-state index contributed by atoms with van der Waals surface area (Å²) < 4.78 is 62.0. The van der Waals surface area contributed by atoms with Gasteiger partial charge in [-0.1, -0.05) is 0 Å². The lowest BCUT2D eigenvalue weighted by molar-refractivity contribution is -0.140. The number of carbonyl (C=O) groups is 1. The lowest BCUT2D eigenvalue weighted by atomic mass is 10.1. The molecule has 0 aromatic carbocycles. The van der Waals surface area contributed by atoms with Crippen LogP contribution in [0.25, 0.3) is 0 Å². The van der Waals surface area contributed by atoms with Crippen molar-refractivity contribution < 1.29 is 26.7 Å². The summed E-state index contributed by atoms with van der Waals surface area (Å²) in [5.41, 5.74) is -3.89. The molecule has 0 aliphatic rings. The van der Waals surface area contributed by atoms with Gasteiger partial charge >= 0.3 is 6.18 Å². The Hall–Kier alpha value is -0.800. The smallest absolute Gasteiger partial charge is 0.298 e. The van der Waals surface area contributed by atoms with E-state index in [0.29, 0.717) is 0 Å². The fourth-order valence-electron chi connectivity index (χ4n) is 1.10. The van der Waals surface area contributed by atoms with Crippen LogP contribution in [0.3, 0.4) is 0 Å². The average Bonchev–Trinajstić information content (AvgIpc) is 2.15. The molecule has 0 amide bonds. The molecule has 0 bridgehead atoms. The Kier molecular flexibility index (Phi) is 3.81. The summed E-state index contributed by atoms with van der Waals surface area (Å²) >= 11 is 1.43. The van der Waals surface area contributed by atoms with E-state index < -0.39 is 29.4 Å². The highest BCUT2D eigenvalue weighted by atomic mass is 127. The van der Waals surface area contributed by atoms with Gasteiger partial charge in [-0.25, -0.2) is 8.78 Å². The molecule has 0 spiro atoms. The first kappa shape index (κ1) is 13.3. The fraction of sp³-hybridized carbons (Fsp3) is 0.250. The molecule has 1 aromatic rings. The predicted molar refractivity (Wildman–Crippen MR) is 52.3 cm³/mol. The molecule has 88 valence electrons. The van der Waals surface area contributed by atoms with Gasteiger partial charge in [0.05, 0.1) is 5.56 Å². The van der Waals surface area contributed by atoms with E-state index in [-0.39, 0.29) is 9.86 Å². The van der Waals surface area contributed by atoms with Crippen LogP contribution in [0, 0.1) is 3.57 Å². The zero-order chi connectivity index (χ0) is 12.5. The number of carbonyl (C=O) groups excluding carboxylic acids is 1. The molecule has 0 aliphatic carbocycles. The van der Waals surface area contributed by atoms with E-state index in [0.717, 1.165) is 6.20 Å². The molecule has 8 heteroatoms. The molecule has 0 saturated heterocycles. The van der Waals surface area contributed by atoms with E-state index in [1.54, 1.807) is 0 Å².